The summed E-state index contributed by atoms with van der Waals surface area (Å²) in [5.74, 6) is 0.329. The van der Waals surface area contributed by atoms with Gasteiger partial charge in [-0.2, -0.15) is 0 Å². The fourth-order valence-electron chi connectivity index (χ4n) is 3.27. The van der Waals surface area contributed by atoms with Crippen molar-refractivity contribution < 1.29 is 4.79 Å². The van der Waals surface area contributed by atoms with Gasteiger partial charge in [0.25, 0.3) is 0 Å². The summed E-state index contributed by atoms with van der Waals surface area (Å²) < 4.78 is 0. The molecule has 2 aliphatic rings. The van der Waals surface area contributed by atoms with E-state index in [1.807, 2.05) is 0 Å². The maximum atomic E-state index is 12.6. The van der Waals surface area contributed by atoms with E-state index in [-0.39, 0.29) is 10.8 Å². The van der Waals surface area contributed by atoms with Crippen molar-refractivity contribution in [2.24, 2.45) is 10.8 Å². The Morgan fingerprint density at radius 1 is 0.889 bits per heavy atom. The molecule has 0 bridgehead atoms. The van der Waals surface area contributed by atoms with Crippen LogP contribution < -0.4 is 0 Å². The molecular weight excluding hydrogens is 220 g/mol. The molecule has 0 atom stereocenters. The highest BCUT2D eigenvalue weighted by Gasteiger charge is 2.28. The van der Waals surface area contributed by atoms with Gasteiger partial charge >= 0.3 is 0 Å². The molecule has 100 valence electrons. The molecule has 2 rings (SSSR count). The van der Waals surface area contributed by atoms with E-state index < -0.39 is 0 Å². The van der Waals surface area contributed by atoms with Crippen molar-refractivity contribution in [2.45, 2.75) is 66.2 Å². The minimum atomic E-state index is 0.202. The third kappa shape index (κ3) is 3.13. The number of Topliss-reactive ketones (excluding diaryl/α,β-unsaturated/α-hetero) is 1. The van der Waals surface area contributed by atoms with Crippen molar-refractivity contribution in [3.63, 3.8) is 0 Å². The van der Waals surface area contributed by atoms with Gasteiger partial charge in [-0.05, 0) is 60.5 Å². The monoisotopic (exact) mass is 246 g/mol. The zero-order valence-corrected chi connectivity index (χ0v) is 12.3. The van der Waals surface area contributed by atoms with Gasteiger partial charge in [-0.25, -0.2) is 0 Å². The van der Waals surface area contributed by atoms with Crippen LogP contribution in [0.15, 0.2) is 23.3 Å². The third-order valence-corrected chi connectivity index (χ3v) is 4.25. The Balaban J connectivity index is 2.22. The zero-order valence-electron chi connectivity index (χ0n) is 12.3. The SMILES string of the molecule is CC1(C)C=C(C(=O)C2=CC(C)(C)CCC2)CCC1. The minimum Gasteiger partial charge on any atom is -0.289 e. The van der Waals surface area contributed by atoms with Gasteiger partial charge in [-0.1, -0.05) is 39.8 Å². The molecule has 1 nitrogen and oxygen atoms in total. The van der Waals surface area contributed by atoms with E-state index in [0.717, 1.165) is 36.8 Å². The molecule has 2 aliphatic carbocycles. The van der Waals surface area contributed by atoms with Crippen LogP contribution in [0, 0.1) is 10.8 Å². The Kier molecular flexibility index (Phi) is 3.53. The van der Waals surface area contributed by atoms with Gasteiger partial charge in [0, 0.05) is 0 Å². The van der Waals surface area contributed by atoms with Gasteiger partial charge in [0.15, 0.2) is 5.78 Å². The maximum Gasteiger partial charge on any atom is 0.184 e. The lowest BCUT2D eigenvalue weighted by Gasteiger charge is -2.30. The summed E-state index contributed by atoms with van der Waals surface area (Å²) in [4.78, 5) is 12.6. The number of carbonyl (C=O) groups excluding carboxylic acids is 1. The van der Waals surface area contributed by atoms with Gasteiger partial charge < -0.3 is 0 Å². The van der Waals surface area contributed by atoms with Crippen LogP contribution in [0.1, 0.15) is 66.2 Å². The molecule has 0 amide bonds. The Morgan fingerprint density at radius 3 is 1.61 bits per heavy atom. The van der Waals surface area contributed by atoms with Crippen LogP contribution in [0.2, 0.25) is 0 Å². The highest BCUT2D eigenvalue weighted by molar-refractivity contribution is 6.08. The zero-order chi connectivity index (χ0) is 13.4. The number of allylic oxidation sites excluding steroid dienone is 4. The first-order chi connectivity index (χ1) is 8.29. The van der Waals surface area contributed by atoms with Crippen LogP contribution in [0.5, 0.6) is 0 Å². The molecule has 1 heteroatoms. The van der Waals surface area contributed by atoms with E-state index >= 15 is 0 Å². The normalized spacial score (nSPS) is 26.2. The number of carbonyl (C=O) groups is 1. The summed E-state index contributed by atoms with van der Waals surface area (Å²) in [6, 6.07) is 0. The Morgan fingerprint density at radius 2 is 1.28 bits per heavy atom. The molecule has 0 heterocycles. The summed E-state index contributed by atoms with van der Waals surface area (Å²) in [6.45, 7) is 8.94. The molecule has 0 saturated heterocycles. The largest absolute Gasteiger partial charge is 0.289 e. The predicted octanol–water partition coefficient (Wildman–Crippen LogP) is 4.83. The van der Waals surface area contributed by atoms with Gasteiger partial charge in [0.05, 0.1) is 0 Å². The van der Waals surface area contributed by atoms with E-state index in [2.05, 4.69) is 39.8 Å². The van der Waals surface area contributed by atoms with Crippen molar-refractivity contribution in [1.29, 1.82) is 0 Å². The number of hydrogen-bond donors (Lipinski definition) is 0. The minimum absolute atomic E-state index is 0.202. The molecule has 0 fully saturated rings. The van der Waals surface area contributed by atoms with Crippen molar-refractivity contribution in [3.05, 3.63) is 23.3 Å². The fourth-order valence-corrected chi connectivity index (χ4v) is 3.27. The van der Waals surface area contributed by atoms with Crippen LogP contribution in [0.3, 0.4) is 0 Å². The van der Waals surface area contributed by atoms with Crippen LogP contribution >= 0.6 is 0 Å². The molecule has 0 aromatic carbocycles. The van der Waals surface area contributed by atoms with Crippen LogP contribution in [-0.2, 0) is 4.79 Å². The average Bonchev–Trinajstić information content (AvgIpc) is 2.25. The summed E-state index contributed by atoms with van der Waals surface area (Å²) in [7, 11) is 0. The molecular formula is C17H26O. The van der Waals surface area contributed by atoms with Gasteiger partial charge in [0.2, 0.25) is 0 Å². The number of rotatable bonds is 2. The first-order valence-corrected chi connectivity index (χ1v) is 7.27. The Hall–Kier alpha value is -0.850. The van der Waals surface area contributed by atoms with Crippen LogP contribution in [-0.4, -0.2) is 5.78 Å². The summed E-state index contributed by atoms with van der Waals surface area (Å²) in [5, 5.41) is 0. The maximum absolute atomic E-state index is 12.6. The lowest BCUT2D eigenvalue weighted by molar-refractivity contribution is -0.112. The molecule has 0 saturated carbocycles. The van der Waals surface area contributed by atoms with Crippen molar-refractivity contribution >= 4 is 5.78 Å². The van der Waals surface area contributed by atoms with Crippen molar-refractivity contribution in [1.82, 2.24) is 0 Å². The smallest absolute Gasteiger partial charge is 0.184 e. The van der Waals surface area contributed by atoms with Crippen LogP contribution in [0.4, 0.5) is 0 Å². The second kappa shape index (κ2) is 4.68. The Bertz CT molecular complexity index is 369. The second-order valence-corrected chi connectivity index (χ2v) is 7.35. The van der Waals surface area contributed by atoms with Crippen molar-refractivity contribution in [2.75, 3.05) is 0 Å². The van der Waals surface area contributed by atoms with Crippen molar-refractivity contribution in [3.8, 4) is 0 Å². The van der Waals surface area contributed by atoms with E-state index in [9.17, 15) is 4.79 Å². The van der Waals surface area contributed by atoms with E-state index in [1.54, 1.807) is 0 Å². The molecule has 0 aromatic heterocycles. The Labute approximate surface area is 111 Å². The molecule has 18 heavy (non-hydrogen) atoms. The lowest BCUT2D eigenvalue weighted by Crippen LogP contribution is -2.21. The molecule has 0 aromatic rings. The van der Waals surface area contributed by atoms with E-state index in [0.29, 0.717) is 5.78 Å². The van der Waals surface area contributed by atoms with Gasteiger partial charge in [0.1, 0.15) is 0 Å². The standard InChI is InChI=1S/C17H26O/c1-16(2)9-5-7-13(11-16)15(18)14-8-6-10-17(3,4)12-14/h11-12H,5-10H2,1-4H3. The highest BCUT2D eigenvalue weighted by atomic mass is 16.1. The molecule has 0 aliphatic heterocycles. The third-order valence-electron chi connectivity index (χ3n) is 4.25. The van der Waals surface area contributed by atoms with Gasteiger partial charge in [-0.3, -0.25) is 4.79 Å². The number of ketones is 1. The molecule has 0 unspecified atom stereocenters. The van der Waals surface area contributed by atoms with Crippen LogP contribution in [0.25, 0.3) is 0 Å². The van der Waals surface area contributed by atoms with Gasteiger partial charge in [-0.15, -0.1) is 0 Å². The molecule has 0 N–H and O–H groups in total. The average molecular weight is 246 g/mol. The van der Waals surface area contributed by atoms with E-state index in [4.69, 9.17) is 0 Å². The first kappa shape index (κ1) is 13.6. The predicted molar refractivity (Wildman–Crippen MR) is 76.4 cm³/mol. The fraction of sp³-hybridized carbons (Fsp3) is 0.706. The number of hydrogen-bond acceptors (Lipinski definition) is 1. The summed E-state index contributed by atoms with van der Waals surface area (Å²) in [5.41, 5.74) is 2.53. The lowest BCUT2D eigenvalue weighted by atomic mass is 9.74. The van der Waals surface area contributed by atoms with E-state index in [1.165, 1.54) is 12.8 Å². The highest BCUT2D eigenvalue weighted by Crippen LogP contribution is 2.38. The molecule has 0 radical (unpaired) electrons. The quantitative estimate of drug-likeness (QED) is 0.682. The first-order valence-electron chi connectivity index (χ1n) is 7.27. The summed E-state index contributed by atoms with van der Waals surface area (Å²) >= 11 is 0. The second-order valence-electron chi connectivity index (χ2n) is 7.35. The molecule has 0 spiro atoms. The summed E-state index contributed by atoms with van der Waals surface area (Å²) in [6.07, 6.45) is 11.1. The topological polar surface area (TPSA) is 17.1 Å².